The molecule has 1 amide bonds. The van der Waals surface area contributed by atoms with Crippen LogP contribution in [0.3, 0.4) is 0 Å². The Morgan fingerprint density at radius 3 is 2.08 bits per heavy atom. The van der Waals surface area contributed by atoms with Crippen LogP contribution in [-0.2, 0) is 4.74 Å². The van der Waals surface area contributed by atoms with Crippen LogP contribution < -0.4 is 5.32 Å². The average molecular weight is 319 g/mol. The summed E-state index contributed by atoms with van der Waals surface area (Å²) in [5, 5.41) is 2.97. The monoisotopic (exact) mass is 319 g/mol. The summed E-state index contributed by atoms with van der Waals surface area (Å²) in [5.41, 5.74) is 3.83. The third-order valence-electron chi connectivity index (χ3n) is 4.13. The van der Waals surface area contributed by atoms with Gasteiger partial charge in [0, 0.05) is 28.7 Å². The number of benzene rings is 2. The van der Waals surface area contributed by atoms with E-state index in [1.165, 1.54) is 5.56 Å². The van der Waals surface area contributed by atoms with Crippen LogP contribution in [-0.4, -0.2) is 25.7 Å². The number of hydrogen-bond acceptors (Lipinski definition) is 2. The van der Waals surface area contributed by atoms with E-state index in [1.807, 2.05) is 48.5 Å². The molecule has 2 aromatic carbocycles. The van der Waals surface area contributed by atoms with Gasteiger partial charge in [-0.2, -0.15) is 0 Å². The minimum Gasteiger partial charge on any atom is -0.380 e. The SMILES string of the molecule is Cc1ccc(C#Cc2ccc(C(=O)NCC3(C)COC3)cc2)cc1. The van der Waals surface area contributed by atoms with Crippen molar-refractivity contribution >= 4 is 5.91 Å². The van der Waals surface area contributed by atoms with E-state index in [1.54, 1.807) is 0 Å². The van der Waals surface area contributed by atoms with Gasteiger partial charge in [-0.1, -0.05) is 36.5 Å². The minimum atomic E-state index is -0.0545. The summed E-state index contributed by atoms with van der Waals surface area (Å²) in [5.74, 6) is 6.20. The van der Waals surface area contributed by atoms with Gasteiger partial charge in [0.15, 0.2) is 0 Å². The van der Waals surface area contributed by atoms with Crippen molar-refractivity contribution in [3.8, 4) is 11.8 Å². The van der Waals surface area contributed by atoms with Crippen LogP contribution in [0.25, 0.3) is 0 Å². The second kappa shape index (κ2) is 6.90. The highest BCUT2D eigenvalue weighted by Crippen LogP contribution is 2.25. The van der Waals surface area contributed by atoms with E-state index in [0.29, 0.717) is 25.3 Å². The molecule has 0 radical (unpaired) electrons. The van der Waals surface area contributed by atoms with E-state index >= 15 is 0 Å². The molecule has 0 atom stereocenters. The molecular weight excluding hydrogens is 298 g/mol. The van der Waals surface area contributed by atoms with Gasteiger partial charge in [-0.15, -0.1) is 0 Å². The summed E-state index contributed by atoms with van der Waals surface area (Å²) >= 11 is 0. The molecule has 0 aliphatic carbocycles. The van der Waals surface area contributed by atoms with Crippen LogP contribution in [0.5, 0.6) is 0 Å². The molecule has 0 saturated carbocycles. The average Bonchev–Trinajstić information content (AvgIpc) is 2.58. The van der Waals surface area contributed by atoms with Crippen LogP contribution >= 0.6 is 0 Å². The summed E-state index contributed by atoms with van der Waals surface area (Å²) < 4.78 is 5.19. The van der Waals surface area contributed by atoms with Crippen LogP contribution in [0.1, 0.15) is 34.0 Å². The summed E-state index contributed by atoms with van der Waals surface area (Å²) in [6.45, 7) is 6.22. The zero-order valence-corrected chi connectivity index (χ0v) is 14.1. The van der Waals surface area contributed by atoms with E-state index in [2.05, 4.69) is 31.0 Å². The molecule has 1 saturated heterocycles. The first-order valence-corrected chi connectivity index (χ1v) is 8.09. The molecule has 1 fully saturated rings. The molecule has 24 heavy (non-hydrogen) atoms. The lowest BCUT2D eigenvalue weighted by atomic mass is 9.88. The molecule has 2 aromatic rings. The quantitative estimate of drug-likeness (QED) is 0.883. The van der Waals surface area contributed by atoms with Gasteiger partial charge < -0.3 is 10.1 Å². The molecule has 0 bridgehead atoms. The van der Waals surface area contributed by atoms with E-state index in [9.17, 15) is 4.79 Å². The standard InChI is InChI=1S/C21H21NO2/c1-16-3-5-17(6-4-16)7-8-18-9-11-19(12-10-18)20(23)22-13-21(2)14-24-15-21/h3-6,9-12H,13-15H2,1-2H3,(H,22,23). The van der Waals surface area contributed by atoms with Crippen molar-refractivity contribution in [3.63, 3.8) is 0 Å². The van der Waals surface area contributed by atoms with Gasteiger partial charge in [-0.3, -0.25) is 4.79 Å². The van der Waals surface area contributed by atoms with Crippen molar-refractivity contribution in [2.45, 2.75) is 13.8 Å². The van der Waals surface area contributed by atoms with Gasteiger partial charge in [-0.25, -0.2) is 0 Å². The van der Waals surface area contributed by atoms with Crippen molar-refractivity contribution < 1.29 is 9.53 Å². The lowest BCUT2D eigenvalue weighted by Gasteiger charge is -2.38. The van der Waals surface area contributed by atoms with Gasteiger partial charge in [0.05, 0.1) is 13.2 Å². The van der Waals surface area contributed by atoms with Crippen molar-refractivity contribution in [2.75, 3.05) is 19.8 Å². The fourth-order valence-corrected chi connectivity index (χ4v) is 2.43. The molecule has 1 heterocycles. The highest BCUT2D eigenvalue weighted by Gasteiger charge is 2.33. The lowest BCUT2D eigenvalue weighted by Crippen LogP contribution is -2.48. The molecule has 0 spiro atoms. The van der Waals surface area contributed by atoms with E-state index in [4.69, 9.17) is 4.74 Å². The smallest absolute Gasteiger partial charge is 0.251 e. The van der Waals surface area contributed by atoms with Crippen molar-refractivity contribution in [3.05, 3.63) is 70.8 Å². The molecule has 3 heteroatoms. The van der Waals surface area contributed by atoms with E-state index in [-0.39, 0.29) is 11.3 Å². The molecule has 1 aliphatic heterocycles. The van der Waals surface area contributed by atoms with E-state index in [0.717, 1.165) is 11.1 Å². The molecule has 3 nitrogen and oxygen atoms in total. The third-order valence-corrected chi connectivity index (χ3v) is 4.13. The Morgan fingerprint density at radius 1 is 1.04 bits per heavy atom. The summed E-state index contributed by atoms with van der Waals surface area (Å²) in [6, 6.07) is 15.5. The normalized spacial score (nSPS) is 14.9. The largest absolute Gasteiger partial charge is 0.380 e. The molecular formula is C21H21NO2. The Morgan fingerprint density at radius 2 is 1.58 bits per heavy atom. The molecule has 0 unspecified atom stereocenters. The first-order chi connectivity index (χ1) is 11.5. The van der Waals surface area contributed by atoms with Crippen LogP contribution in [0.4, 0.5) is 0 Å². The Balaban J connectivity index is 1.60. The van der Waals surface area contributed by atoms with Gasteiger partial charge in [0.25, 0.3) is 5.91 Å². The Labute approximate surface area is 143 Å². The number of nitrogens with one attached hydrogen (secondary N) is 1. The van der Waals surface area contributed by atoms with Crippen molar-refractivity contribution in [1.82, 2.24) is 5.32 Å². The maximum Gasteiger partial charge on any atom is 0.251 e. The highest BCUT2D eigenvalue weighted by molar-refractivity contribution is 5.94. The lowest BCUT2D eigenvalue weighted by molar-refractivity contribution is -0.0978. The molecule has 122 valence electrons. The predicted octanol–water partition coefficient (Wildman–Crippen LogP) is 3.16. The van der Waals surface area contributed by atoms with Crippen molar-refractivity contribution in [2.24, 2.45) is 5.41 Å². The van der Waals surface area contributed by atoms with Crippen LogP contribution in [0.15, 0.2) is 48.5 Å². The van der Waals surface area contributed by atoms with Gasteiger partial charge in [0.2, 0.25) is 0 Å². The topological polar surface area (TPSA) is 38.3 Å². The van der Waals surface area contributed by atoms with Gasteiger partial charge in [0.1, 0.15) is 0 Å². The number of ether oxygens (including phenoxy) is 1. The van der Waals surface area contributed by atoms with Gasteiger partial charge in [-0.05, 0) is 43.3 Å². The zero-order chi connectivity index (χ0) is 17.0. The minimum absolute atomic E-state index is 0.0545. The molecule has 0 aromatic heterocycles. The molecule has 1 aliphatic rings. The summed E-state index contributed by atoms with van der Waals surface area (Å²) in [4.78, 5) is 12.2. The Kier molecular flexibility index (Phi) is 4.69. The van der Waals surface area contributed by atoms with Crippen LogP contribution in [0, 0.1) is 24.2 Å². The predicted molar refractivity (Wildman–Crippen MR) is 94.9 cm³/mol. The summed E-state index contributed by atoms with van der Waals surface area (Å²) in [6.07, 6.45) is 0. The highest BCUT2D eigenvalue weighted by atomic mass is 16.5. The second-order valence-corrected chi connectivity index (χ2v) is 6.68. The van der Waals surface area contributed by atoms with Crippen molar-refractivity contribution in [1.29, 1.82) is 0 Å². The number of aryl methyl sites for hydroxylation is 1. The number of rotatable bonds is 3. The third kappa shape index (κ3) is 4.04. The first-order valence-electron chi connectivity index (χ1n) is 8.09. The Bertz CT molecular complexity index is 775. The Hall–Kier alpha value is -2.57. The first kappa shape index (κ1) is 16.3. The number of hydrogen-bond donors (Lipinski definition) is 1. The van der Waals surface area contributed by atoms with Gasteiger partial charge >= 0.3 is 0 Å². The maximum atomic E-state index is 12.2. The number of carbonyl (C=O) groups is 1. The van der Waals surface area contributed by atoms with E-state index < -0.39 is 0 Å². The van der Waals surface area contributed by atoms with Crippen LogP contribution in [0.2, 0.25) is 0 Å². The fourth-order valence-electron chi connectivity index (χ4n) is 2.43. The molecule has 1 N–H and O–H groups in total. The fraction of sp³-hybridized carbons (Fsp3) is 0.286. The second-order valence-electron chi connectivity index (χ2n) is 6.68. The number of amides is 1. The molecule has 3 rings (SSSR count). The number of carbonyl (C=O) groups excluding carboxylic acids is 1. The zero-order valence-electron chi connectivity index (χ0n) is 14.1. The summed E-state index contributed by atoms with van der Waals surface area (Å²) in [7, 11) is 0. The maximum absolute atomic E-state index is 12.2.